The van der Waals surface area contributed by atoms with Crippen molar-refractivity contribution in [2.24, 2.45) is 0 Å². The third kappa shape index (κ3) is 1.58. The molecule has 1 aliphatic rings. The van der Waals surface area contributed by atoms with E-state index in [0.717, 1.165) is 5.92 Å². The molecular weight excluding hydrogens is 158 g/mol. The first-order valence-corrected chi connectivity index (χ1v) is 4.78. The highest BCUT2D eigenvalue weighted by Gasteiger charge is 2.28. The smallest absolute Gasteiger partial charge is 0.246 e. The number of benzene rings is 1. The molecule has 0 saturated heterocycles. The van der Waals surface area contributed by atoms with Gasteiger partial charge in [-0.15, -0.1) is 0 Å². The Hall–Kier alpha value is -1.29. The summed E-state index contributed by atoms with van der Waals surface area (Å²) in [7, 11) is 0. The molecule has 1 nitrogen and oxygen atoms in total. The van der Waals surface area contributed by atoms with E-state index in [1.54, 1.807) is 0 Å². The van der Waals surface area contributed by atoms with Gasteiger partial charge in [0.2, 0.25) is 6.04 Å². The van der Waals surface area contributed by atoms with Gasteiger partial charge in [-0.05, 0) is 24.3 Å². The molecule has 0 amide bonds. The number of rotatable bonds is 2. The molecule has 1 saturated carbocycles. The maximum Gasteiger partial charge on any atom is 0.246 e. The van der Waals surface area contributed by atoms with Gasteiger partial charge >= 0.3 is 0 Å². The molecule has 0 heterocycles. The van der Waals surface area contributed by atoms with E-state index in [9.17, 15) is 0 Å². The molecule has 0 spiro atoms. The number of nitrogens with zero attached hydrogens (tertiary/aromatic N) is 1. The quantitative estimate of drug-likeness (QED) is 0.599. The summed E-state index contributed by atoms with van der Waals surface area (Å²) in [6.45, 7) is 9.01. The lowest BCUT2D eigenvalue weighted by molar-refractivity contribution is 0.920. The molecule has 0 N–H and O–H groups in total. The van der Waals surface area contributed by atoms with E-state index >= 15 is 0 Å². The average Bonchev–Trinajstić information content (AvgIpc) is 3.00. The molecule has 1 aromatic rings. The highest BCUT2D eigenvalue weighted by molar-refractivity contribution is 5.36. The van der Waals surface area contributed by atoms with E-state index < -0.39 is 0 Å². The predicted molar refractivity (Wildman–Crippen MR) is 53.4 cm³/mol. The Labute approximate surface area is 79.2 Å². The maximum absolute atomic E-state index is 7.03. The molecule has 0 aliphatic heterocycles. The van der Waals surface area contributed by atoms with Crippen molar-refractivity contribution in [2.45, 2.75) is 31.7 Å². The SMILES string of the molecule is [C-]#[N+]C(C)c1ccccc1C1CC1. The van der Waals surface area contributed by atoms with Crippen LogP contribution in [-0.4, -0.2) is 0 Å². The van der Waals surface area contributed by atoms with Crippen molar-refractivity contribution in [3.05, 3.63) is 46.8 Å². The van der Waals surface area contributed by atoms with Crippen LogP contribution in [-0.2, 0) is 0 Å². The molecule has 1 aliphatic carbocycles. The van der Waals surface area contributed by atoms with Gasteiger partial charge in [-0.3, -0.25) is 0 Å². The second-order valence-electron chi connectivity index (χ2n) is 3.71. The van der Waals surface area contributed by atoms with Crippen molar-refractivity contribution in [1.29, 1.82) is 0 Å². The van der Waals surface area contributed by atoms with Crippen LogP contribution >= 0.6 is 0 Å². The molecule has 1 heteroatoms. The molecule has 1 aromatic carbocycles. The summed E-state index contributed by atoms with van der Waals surface area (Å²) in [6.07, 6.45) is 2.61. The summed E-state index contributed by atoms with van der Waals surface area (Å²) in [5.74, 6) is 0.750. The van der Waals surface area contributed by atoms with Crippen LogP contribution in [0.25, 0.3) is 4.85 Å². The van der Waals surface area contributed by atoms with E-state index in [1.807, 2.05) is 13.0 Å². The molecule has 1 unspecified atom stereocenters. The van der Waals surface area contributed by atoms with Gasteiger partial charge in [0, 0.05) is 12.5 Å². The van der Waals surface area contributed by atoms with E-state index in [-0.39, 0.29) is 6.04 Å². The minimum Gasteiger partial charge on any atom is -0.309 e. The fourth-order valence-electron chi connectivity index (χ4n) is 1.73. The van der Waals surface area contributed by atoms with Crippen molar-refractivity contribution in [3.8, 4) is 0 Å². The van der Waals surface area contributed by atoms with Gasteiger partial charge in [-0.25, -0.2) is 6.57 Å². The van der Waals surface area contributed by atoms with Gasteiger partial charge in [0.1, 0.15) is 0 Å². The topological polar surface area (TPSA) is 4.36 Å². The van der Waals surface area contributed by atoms with Gasteiger partial charge in [0.15, 0.2) is 0 Å². The summed E-state index contributed by atoms with van der Waals surface area (Å²) >= 11 is 0. The Balaban J connectivity index is 2.38. The summed E-state index contributed by atoms with van der Waals surface area (Å²) < 4.78 is 0. The largest absolute Gasteiger partial charge is 0.309 e. The van der Waals surface area contributed by atoms with E-state index in [2.05, 4.69) is 23.0 Å². The van der Waals surface area contributed by atoms with Crippen LogP contribution in [0.2, 0.25) is 0 Å². The zero-order chi connectivity index (χ0) is 9.26. The van der Waals surface area contributed by atoms with Crippen LogP contribution in [0.4, 0.5) is 0 Å². The Bertz CT molecular complexity index is 344. The van der Waals surface area contributed by atoms with Crippen LogP contribution < -0.4 is 0 Å². The second kappa shape index (κ2) is 3.22. The number of hydrogen-bond acceptors (Lipinski definition) is 0. The van der Waals surface area contributed by atoms with Crippen molar-refractivity contribution in [1.82, 2.24) is 0 Å². The monoisotopic (exact) mass is 171 g/mol. The van der Waals surface area contributed by atoms with E-state index in [0.29, 0.717) is 0 Å². The van der Waals surface area contributed by atoms with Gasteiger partial charge in [0.25, 0.3) is 0 Å². The van der Waals surface area contributed by atoms with Crippen LogP contribution in [0, 0.1) is 6.57 Å². The third-order valence-corrected chi connectivity index (χ3v) is 2.66. The second-order valence-corrected chi connectivity index (χ2v) is 3.71. The maximum atomic E-state index is 7.03. The molecule has 2 rings (SSSR count). The molecule has 1 atom stereocenters. The minimum absolute atomic E-state index is 0.0248. The van der Waals surface area contributed by atoms with Gasteiger partial charge in [-0.1, -0.05) is 24.3 Å². The Kier molecular flexibility index (Phi) is 2.06. The molecule has 13 heavy (non-hydrogen) atoms. The Morgan fingerprint density at radius 2 is 2.08 bits per heavy atom. The van der Waals surface area contributed by atoms with Crippen LogP contribution in [0.5, 0.6) is 0 Å². The molecule has 1 fully saturated rings. The van der Waals surface area contributed by atoms with Gasteiger partial charge in [0.05, 0.1) is 0 Å². The molecule has 66 valence electrons. The van der Waals surface area contributed by atoms with Gasteiger partial charge in [-0.2, -0.15) is 0 Å². The minimum atomic E-state index is 0.0248. The van der Waals surface area contributed by atoms with Gasteiger partial charge < -0.3 is 4.85 Å². The van der Waals surface area contributed by atoms with Crippen molar-refractivity contribution in [2.75, 3.05) is 0 Å². The summed E-state index contributed by atoms with van der Waals surface area (Å²) in [4.78, 5) is 3.58. The predicted octanol–water partition coefficient (Wildman–Crippen LogP) is 3.54. The zero-order valence-electron chi connectivity index (χ0n) is 7.83. The van der Waals surface area contributed by atoms with Crippen LogP contribution in [0.3, 0.4) is 0 Å². The standard InChI is InChI=1S/C12H13N/c1-9(13-2)11-5-3-4-6-12(11)10-7-8-10/h3-6,9-10H,7-8H2,1H3. The molecule has 0 radical (unpaired) electrons. The Morgan fingerprint density at radius 1 is 1.38 bits per heavy atom. The highest BCUT2D eigenvalue weighted by atomic mass is 14.7. The molecule has 0 aromatic heterocycles. The van der Waals surface area contributed by atoms with Crippen molar-refractivity contribution < 1.29 is 0 Å². The lowest BCUT2D eigenvalue weighted by atomic mass is 9.99. The first-order valence-electron chi connectivity index (χ1n) is 4.78. The van der Waals surface area contributed by atoms with Crippen molar-refractivity contribution in [3.63, 3.8) is 0 Å². The first kappa shape index (κ1) is 8.31. The van der Waals surface area contributed by atoms with E-state index in [4.69, 9.17) is 6.57 Å². The zero-order valence-corrected chi connectivity index (χ0v) is 7.83. The molecular formula is C12H13N. The molecule has 0 bridgehead atoms. The Morgan fingerprint density at radius 3 is 2.69 bits per heavy atom. The highest BCUT2D eigenvalue weighted by Crippen LogP contribution is 2.43. The van der Waals surface area contributed by atoms with Crippen LogP contribution in [0.15, 0.2) is 24.3 Å². The summed E-state index contributed by atoms with van der Waals surface area (Å²) in [5.41, 5.74) is 2.64. The average molecular weight is 171 g/mol. The third-order valence-electron chi connectivity index (χ3n) is 2.66. The lowest BCUT2D eigenvalue weighted by Crippen LogP contribution is -1.93. The lowest BCUT2D eigenvalue weighted by Gasteiger charge is -2.06. The van der Waals surface area contributed by atoms with Crippen LogP contribution in [0.1, 0.15) is 42.9 Å². The summed E-state index contributed by atoms with van der Waals surface area (Å²) in [5, 5.41) is 0. The fraction of sp³-hybridized carbons (Fsp3) is 0.417. The van der Waals surface area contributed by atoms with E-state index in [1.165, 1.54) is 24.0 Å². The van der Waals surface area contributed by atoms with Crippen molar-refractivity contribution >= 4 is 0 Å². The fourth-order valence-corrected chi connectivity index (χ4v) is 1.73. The normalized spacial score (nSPS) is 17.8. The summed E-state index contributed by atoms with van der Waals surface area (Å²) in [6, 6.07) is 8.40. The first-order chi connectivity index (χ1) is 6.33. The number of hydrogen-bond donors (Lipinski definition) is 0.